The minimum absolute atomic E-state index is 0.140. The second-order valence-corrected chi connectivity index (χ2v) is 5.29. The quantitative estimate of drug-likeness (QED) is 0.738. The molecule has 20 heavy (non-hydrogen) atoms. The molecule has 0 aliphatic heterocycles. The van der Waals surface area contributed by atoms with Crippen molar-refractivity contribution in [1.29, 1.82) is 0 Å². The predicted octanol–water partition coefficient (Wildman–Crippen LogP) is 4.59. The van der Waals surface area contributed by atoms with Gasteiger partial charge in [-0.3, -0.25) is 4.68 Å². The van der Waals surface area contributed by atoms with Gasteiger partial charge < -0.3 is 0 Å². The van der Waals surface area contributed by atoms with Gasteiger partial charge in [-0.25, -0.2) is 4.39 Å². The van der Waals surface area contributed by atoms with Gasteiger partial charge in [0.05, 0.1) is 23.1 Å². The summed E-state index contributed by atoms with van der Waals surface area (Å²) >= 11 is 11.9. The Morgan fingerprint density at radius 3 is 2.55 bits per heavy atom. The van der Waals surface area contributed by atoms with Crippen LogP contribution in [0.1, 0.15) is 36.4 Å². The zero-order valence-electron chi connectivity index (χ0n) is 11.6. The van der Waals surface area contributed by atoms with Crippen LogP contribution in [0, 0.1) is 5.82 Å². The molecule has 0 atom stereocenters. The van der Waals surface area contributed by atoms with E-state index in [-0.39, 0.29) is 5.02 Å². The van der Waals surface area contributed by atoms with E-state index < -0.39 is 5.82 Å². The van der Waals surface area contributed by atoms with Crippen LogP contribution in [0.25, 0.3) is 0 Å². The van der Waals surface area contributed by atoms with Gasteiger partial charge in [-0.1, -0.05) is 31.5 Å². The zero-order chi connectivity index (χ0) is 14.7. The van der Waals surface area contributed by atoms with Crippen molar-refractivity contribution in [1.82, 2.24) is 9.78 Å². The van der Waals surface area contributed by atoms with Gasteiger partial charge in [-0.2, -0.15) is 5.10 Å². The number of nitrogens with zero attached hydrogens (tertiary/aromatic N) is 2. The maximum atomic E-state index is 13.2. The summed E-state index contributed by atoms with van der Waals surface area (Å²) in [6, 6.07) is 4.76. The van der Waals surface area contributed by atoms with Crippen molar-refractivity contribution in [2.75, 3.05) is 0 Å². The Labute approximate surface area is 128 Å². The molecule has 0 radical (unpaired) electrons. The van der Waals surface area contributed by atoms with E-state index in [1.807, 2.05) is 4.68 Å². The third-order valence-electron chi connectivity index (χ3n) is 3.37. The summed E-state index contributed by atoms with van der Waals surface area (Å²) < 4.78 is 15.1. The molecule has 2 nitrogen and oxygen atoms in total. The average molecular weight is 315 g/mol. The number of aromatic nitrogens is 2. The van der Waals surface area contributed by atoms with Crippen LogP contribution in [-0.2, 0) is 25.3 Å². The highest BCUT2D eigenvalue weighted by atomic mass is 35.5. The number of halogens is 3. The molecule has 0 saturated carbocycles. The normalized spacial score (nSPS) is 11.1. The van der Waals surface area contributed by atoms with E-state index in [2.05, 4.69) is 18.9 Å². The standard InChI is InChI=1S/C15H17Cl2FN2/c1-3-14-11(8-16)15(4-2)20(19-14)9-10-5-6-13(18)12(17)7-10/h5-7H,3-4,8-9H2,1-2H3. The lowest BCUT2D eigenvalue weighted by atomic mass is 10.1. The van der Waals surface area contributed by atoms with Crippen molar-refractivity contribution < 1.29 is 4.39 Å². The number of hydrogen-bond acceptors (Lipinski definition) is 1. The number of rotatable bonds is 5. The fraction of sp³-hybridized carbons (Fsp3) is 0.400. The maximum Gasteiger partial charge on any atom is 0.141 e. The summed E-state index contributed by atoms with van der Waals surface area (Å²) in [6.45, 7) is 4.73. The molecule has 1 heterocycles. The Balaban J connectivity index is 2.37. The van der Waals surface area contributed by atoms with E-state index >= 15 is 0 Å². The molecule has 2 rings (SSSR count). The summed E-state index contributed by atoms with van der Waals surface area (Å²) in [5.41, 5.74) is 4.21. The number of benzene rings is 1. The molecular weight excluding hydrogens is 298 g/mol. The summed E-state index contributed by atoms with van der Waals surface area (Å²) in [4.78, 5) is 0. The SMILES string of the molecule is CCc1nn(Cc2ccc(F)c(Cl)c2)c(CC)c1CCl. The highest BCUT2D eigenvalue weighted by Gasteiger charge is 2.15. The van der Waals surface area contributed by atoms with Crippen LogP contribution >= 0.6 is 23.2 Å². The zero-order valence-corrected chi connectivity index (χ0v) is 13.1. The van der Waals surface area contributed by atoms with Crippen molar-refractivity contribution in [3.05, 3.63) is 51.6 Å². The van der Waals surface area contributed by atoms with E-state index in [4.69, 9.17) is 23.2 Å². The lowest BCUT2D eigenvalue weighted by Gasteiger charge is -2.08. The second kappa shape index (κ2) is 6.59. The molecular formula is C15H17Cl2FN2. The van der Waals surface area contributed by atoms with E-state index in [9.17, 15) is 4.39 Å². The summed E-state index contributed by atoms with van der Waals surface area (Å²) in [5.74, 6) is 0.0681. The Kier molecular flexibility index (Phi) is 5.06. The van der Waals surface area contributed by atoms with Crippen LogP contribution in [0.2, 0.25) is 5.02 Å². The van der Waals surface area contributed by atoms with Gasteiger partial charge in [0.2, 0.25) is 0 Å². The van der Waals surface area contributed by atoms with Crippen molar-refractivity contribution in [2.45, 2.75) is 39.1 Å². The monoisotopic (exact) mass is 314 g/mol. The number of hydrogen-bond donors (Lipinski definition) is 0. The van der Waals surface area contributed by atoms with Crippen molar-refractivity contribution in [3.63, 3.8) is 0 Å². The van der Waals surface area contributed by atoms with Crippen LogP contribution in [-0.4, -0.2) is 9.78 Å². The summed E-state index contributed by atoms with van der Waals surface area (Å²) in [7, 11) is 0. The molecule has 2 aromatic rings. The lowest BCUT2D eigenvalue weighted by molar-refractivity contribution is 0.619. The molecule has 0 spiro atoms. The van der Waals surface area contributed by atoms with Crippen LogP contribution in [0.5, 0.6) is 0 Å². The largest absolute Gasteiger partial charge is 0.265 e. The molecule has 1 aromatic carbocycles. The molecule has 0 N–H and O–H groups in total. The first kappa shape index (κ1) is 15.3. The van der Waals surface area contributed by atoms with Gasteiger partial charge in [0.15, 0.2) is 0 Å². The van der Waals surface area contributed by atoms with E-state index in [1.165, 1.54) is 6.07 Å². The van der Waals surface area contributed by atoms with Crippen LogP contribution < -0.4 is 0 Å². The molecule has 0 bridgehead atoms. The molecule has 1 aromatic heterocycles. The minimum Gasteiger partial charge on any atom is -0.265 e. The molecule has 0 aliphatic rings. The fourth-order valence-corrected chi connectivity index (χ4v) is 2.88. The first-order valence-electron chi connectivity index (χ1n) is 6.68. The summed E-state index contributed by atoms with van der Waals surface area (Å²) in [6.07, 6.45) is 1.72. The topological polar surface area (TPSA) is 17.8 Å². The van der Waals surface area contributed by atoms with E-state index in [0.717, 1.165) is 35.4 Å². The molecule has 108 valence electrons. The van der Waals surface area contributed by atoms with Crippen molar-refractivity contribution >= 4 is 23.2 Å². The fourth-order valence-electron chi connectivity index (χ4n) is 2.36. The summed E-state index contributed by atoms with van der Waals surface area (Å²) in [5, 5.41) is 4.75. The molecule has 0 unspecified atom stereocenters. The molecule has 0 amide bonds. The van der Waals surface area contributed by atoms with Gasteiger partial charge in [-0.05, 0) is 30.5 Å². The highest BCUT2D eigenvalue weighted by Crippen LogP contribution is 2.21. The Bertz CT molecular complexity index is 608. The smallest absolute Gasteiger partial charge is 0.141 e. The van der Waals surface area contributed by atoms with Crippen LogP contribution in [0.3, 0.4) is 0 Å². The van der Waals surface area contributed by atoms with Gasteiger partial charge in [-0.15, -0.1) is 11.6 Å². The second-order valence-electron chi connectivity index (χ2n) is 4.62. The van der Waals surface area contributed by atoms with Crippen molar-refractivity contribution in [3.8, 4) is 0 Å². The van der Waals surface area contributed by atoms with Crippen LogP contribution in [0.15, 0.2) is 18.2 Å². The molecule has 0 aliphatic carbocycles. The van der Waals surface area contributed by atoms with Crippen molar-refractivity contribution in [2.24, 2.45) is 0 Å². The van der Waals surface area contributed by atoms with Gasteiger partial charge >= 0.3 is 0 Å². The minimum atomic E-state index is -0.401. The first-order chi connectivity index (χ1) is 9.60. The maximum absolute atomic E-state index is 13.2. The van der Waals surface area contributed by atoms with Gasteiger partial charge in [0.25, 0.3) is 0 Å². The Hall–Kier alpha value is -1.06. The molecule has 0 fully saturated rings. The van der Waals surface area contributed by atoms with Gasteiger partial charge in [0.1, 0.15) is 5.82 Å². The third-order valence-corrected chi connectivity index (χ3v) is 3.93. The lowest BCUT2D eigenvalue weighted by Crippen LogP contribution is -2.06. The first-order valence-corrected chi connectivity index (χ1v) is 7.59. The average Bonchev–Trinajstić information content (AvgIpc) is 2.79. The Morgan fingerprint density at radius 1 is 1.25 bits per heavy atom. The van der Waals surface area contributed by atoms with Crippen LogP contribution in [0.4, 0.5) is 4.39 Å². The van der Waals surface area contributed by atoms with Gasteiger partial charge in [0, 0.05) is 11.3 Å². The molecule has 0 saturated heterocycles. The predicted molar refractivity (Wildman–Crippen MR) is 81.1 cm³/mol. The molecule has 5 heteroatoms. The highest BCUT2D eigenvalue weighted by molar-refractivity contribution is 6.30. The number of aryl methyl sites for hydroxylation is 1. The Morgan fingerprint density at radius 2 is 2.00 bits per heavy atom. The number of alkyl halides is 1. The van der Waals surface area contributed by atoms with E-state index in [1.54, 1.807) is 12.1 Å². The third kappa shape index (κ3) is 2.99. The van der Waals surface area contributed by atoms with E-state index in [0.29, 0.717) is 12.4 Å².